The highest BCUT2D eigenvalue weighted by Crippen LogP contribution is 2.37. The summed E-state index contributed by atoms with van der Waals surface area (Å²) in [6.45, 7) is 2.62. The molecular formula is C13H19NO2. The number of rotatable bonds is 5. The molecule has 0 aromatic heterocycles. The maximum Gasteiger partial charge on any atom is 0.161 e. The van der Waals surface area contributed by atoms with Gasteiger partial charge in [0, 0.05) is 5.54 Å². The summed E-state index contributed by atoms with van der Waals surface area (Å²) < 4.78 is 10.8. The van der Waals surface area contributed by atoms with Gasteiger partial charge in [-0.15, -0.1) is 0 Å². The fraction of sp³-hybridized carbons (Fsp3) is 0.538. The van der Waals surface area contributed by atoms with Crippen molar-refractivity contribution in [3.05, 3.63) is 23.8 Å². The van der Waals surface area contributed by atoms with Gasteiger partial charge in [-0.05, 0) is 43.9 Å². The van der Waals surface area contributed by atoms with E-state index in [2.05, 4.69) is 6.07 Å². The summed E-state index contributed by atoms with van der Waals surface area (Å²) in [5.41, 5.74) is 7.37. The van der Waals surface area contributed by atoms with Gasteiger partial charge in [0.25, 0.3) is 0 Å². The molecular weight excluding hydrogens is 202 g/mol. The number of benzene rings is 1. The standard InChI is InChI=1S/C13H19NO2/c1-3-16-12-8-10(4-5-11(12)15-2)9-13(14)6-7-13/h4-5,8H,3,6-7,9,14H2,1-2H3. The molecule has 1 aliphatic rings. The van der Waals surface area contributed by atoms with Crippen molar-refractivity contribution in [1.29, 1.82) is 0 Å². The van der Waals surface area contributed by atoms with E-state index in [4.69, 9.17) is 15.2 Å². The Morgan fingerprint density at radius 2 is 2.06 bits per heavy atom. The van der Waals surface area contributed by atoms with Gasteiger partial charge in [0.15, 0.2) is 11.5 Å². The lowest BCUT2D eigenvalue weighted by molar-refractivity contribution is 0.310. The number of nitrogens with two attached hydrogens (primary N) is 1. The van der Waals surface area contributed by atoms with E-state index in [0.717, 1.165) is 30.8 Å². The Morgan fingerprint density at radius 1 is 1.31 bits per heavy atom. The predicted octanol–water partition coefficient (Wildman–Crippen LogP) is 2.13. The summed E-state index contributed by atoms with van der Waals surface area (Å²) in [6.07, 6.45) is 3.18. The van der Waals surface area contributed by atoms with Crippen LogP contribution in [0.2, 0.25) is 0 Å². The van der Waals surface area contributed by atoms with Gasteiger partial charge in [-0.3, -0.25) is 0 Å². The molecule has 0 saturated heterocycles. The van der Waals surface area contributed by atoms with Crippen molar-refractivity contribution in [2.75, 3.05) is 13.7 Å². The Balaban J connectivity index is 2.17. The summed E-state index contributed by atoms with van der Waals surface area (Å²) >= 11 is 0. The number of methoxy groups -OCH3 is 1. The van der Waals surface area contributed by atoms with Crippen LogP contribution in [0.25, 0.3) is 0 Å². The Bertz CT molecular complexity index is 372. The van der Waals surface area contributed by atoms with Crippen LogP contribution in [0.5, 0.6) is 11.5 Å². The van der Waals surface area contributed by atoms with E-state index in [-0.39, 0.29) is 5.54 Å². The molecule has 3 nitrogen and oxygen atoms in total. The third-order valence-corrected chi connectivity index (χ3v) is 2.98. The van der Waals surface area contributed by atoms with E-state index in [1.165, 1.54) is 5.56 Å². The molecule has 0 atom stereocenters. The normalized spacial score (nSPS) is 16.9. The first-order chi connectivity index (χ1) is 7.67. The first kappa shape index (κ1) is 11.3. The molecule has 0 unspecified atom stereocenters. The average molecular weight is 221 g/mol. The lowest BCUT2D eigenvalue weighted by atomic mass is 10.0. The zero-order valence-corrected chi connectivity index (χ0v) is 9.95. The van der Waals surface area contributed by atoms with Crippen LogP contribution in [0.15, 0.2) is 18.2 Å². The Kier molecular flexibility index (Phi) is 3.06. The molecule has 1 aromatic rings. The molecule has 0 aliphatic heterocycles. The quantitative estimate of drug-likeness (QED) is 0.828. The van der Waals surface area contributed by atoms with Crippen LogP contribution in [-0.4, -0.2) is 19.3 Å². The molecule has 0 spiro atoms. The van der Waals surface area contributed by atoms with E-state index in [1.54, 1.807) is 7.11 Å². The Labute approximate surface area is 96.5 Å². The van der Waals surface area contributed by atoms with Crippen molar-refractivity contribution in [3.8, 4) is 11.5 Å². The average Bonchev–Trinajstić information content (AvgIpc) is 2.97. The van der Waals surface area contributed by atoms with Gasteiger partial charge in [0.2, 0.25) is 0 Å². The second-order valence-electron chi connectivity index (χ2n) is 4.46. The molecule has 2 rings (SSSR count). The molecule has 1 fully saturated rings. The highest BCUT2D eigenvalue weighted by atomic mass is 16.5. The maximum atomic E-state index is 6.10. The summed E-state index contributed by atoms with van der Waals surface area (Å²) in [5, 5.41) is 0. The van der Waals surface area contributed by atoms with E-state index in [1.807, 2.05) is 19.1 Å². The van der Waals surface area contributed by atoms with Gasteiger partial charge in [-0.2, -0.15) is 0 Å². The second kappa shape index (κ2) is 4.34. The lowest BCUT2D eigenvalue weighted by Crippen LogP contribution is -2.24. The van der Waals surface area contributed by atoms with Gasteiger partial charge < -0.3 is 15.2 Å². The zero-order valence-electron chi connectivity index (χ0n) is 9.95. The lowest BCUT2D eigenvalue weighted by Gasteiger charge is -2.13. The monoisotopic (exact) mass is 221 g/mol. The minimum absolute atomic E-state index is 0.0398. The van der Waals surface area contributed by atoms with Gasteiger partial charge in [0.1, 0.15) is 0 Å². The maximum absolute atomic E-state index is 6.10. The fourth-order valence-corrected chi connectivity index (χ4v) is 1.84. The molecule has 0 radical (unpaired) electrons. The zero-order chi connectivity index (χ0) is 11.6. The van der Waals surface area contributed by atoms with Gasteiger partial charge in [-0.1, -0.05) is 6.07 Å². The van der Waals surface area contributed by atoms with Crippen LogP contribution in [0, 0.1) is 0 Å². The van der Waals surface area contributed by atoms with Crippen molar-refractivity contribution in [3.63, 3.8) is 0 Å². The van der Waals surface area contributed by atoms with Crippen LogP contribution in [-0.2, 0) is 6.42 Å². The molecule has 1 aliphatic carbocycles. The van der Waals surface area contributed by atoms with Crippen LogP contribution >= 0.6 is 0 Å². The van der Waals surface area contributed by atoms with Crippen LogP contribution < -0.4 is 15.2 Å². The fourth-order valence-electron chi connectivity index (χ4n) is 1.84. The highest BCUT2D eigenvalue weighted by molar-refractivity contribution is 5.43. The molecule has 0 amide bonds. The first-order valence-corrected chi connectivity index (χ1v) is 5.75. The van der Waals surface area contributed by atoms with Gasteiger partial charge in [0.05, 0.1) is 13.7 Å². The van der Waals surface area contributed by atoms with Crippen molar-refractivity contribution < 1.29 is 9.47 Å². The molecule has 1 aromatic carbocycles. The third-order valence-electron chi connectivity index (χ3n) is 2.98. The van der Waals surface area contributed by atoms with Gasteiger partial charge >= 0.3 is 0 Å². The van der Waals surface area contributed by atoms with Crippen molar-refractivity contribution in [1.82, 2.24) is 0 Å². The largest absolute Gasteiger partial charge is 0.493 e. The summed E-state index contributed by atoms with van der Waals surface area (Å²) in [5.74, 6) is 1.60. The van der Waals surface area contributed by atoms with E-state index < -0.39 is 0 Å². The summed E-state index contributed by atoms with van der Waals surface area (Å²) in [6, 6.07) is 6.05. The number of hydrogen-bond acceptors (Lipinski definition) is 3. The van der Waals surface area contributed by atoms with E-state index in [0.29, 0.717) is 6.61 Å². The van der Waals surface area contributed by atoms with Gasteiger partial charge in [-0.25, -0.2) is 0 Å². The van der Waals surface area contributed by atoms with E-state index >= 15 is 0 Å². The number of ether oxygens (including phenoxy) is 2. The smallest absolute Gasteiger partial charge is 0.161 e. The molecule has 0 bridgehead atoms. The van der Waals surface area contributed by atoms with E-state index in [9.17, 15) is 0 Å². The minimum atomic E-state index is 0.0398. The summed E-state index contributed by atoms with van der Waals surface area (Å²) in [4.78, 5) is 0. The molecule has 0 heterocycles. The van der Waals surface area contributed by atoms with Crippen LogP contribution in [0.1, 0.15) is 25.3 Å². The first-order valence-electron chi connectivity index (χ1n) is 5.75. The second-order valence-corrected chi connectivity index (χ2v) is 4.46. The van der Waals surface area contributed by atoms with Crippen molar-refractivity contribution >= 4 is 0 Å². The highest BCUT2D eigenvalue weighted by Gasteiger charge is 2.38. The van der Waals surface area contributed by atoms with Crippen LogP contribution in [0.3, 0.4) is 0 Å². The molecule has 88 valence electrons. The SMILES string of the molecule is CCOc1cc(CC2(N)CC2)ccc1OC. The Morgan fingerprint density at radius 3 is 2.62 bits per heavy atom. The van der Waals surface area contributed by atoms with Crippen molar-refractivity contribution in [2.45, 2.75) is 31.7 Å². The molecule has 1 saturated carbocycles. The third kappa shape index (κ3) is 2.47. The molecule has 3 heteroatoms. The van der Waals surface area contributed by atoms with Crippen LogP contribution in [0.4, 0.5) is 0 Å². The minimum Gasteiger partial charge on any atom is -0.493 e. The molecule has 16 heavy (non-hydrogen) atoms. The Hall–Kier alpha value is -1.22. The molecule has 2 N–H and O–H groups in total. The van der Waals surface area contributed by atoms with Crippen molar-refractivity contribution in [2.24, 2.45) is 5.73 Å². The topological polar surface area (TPSA) is 44.5 Å². The summed E-state index contributed by atoms with van der Waals surface area (Å²) in [7, 11) is 1.66. The number of hydrogen-bond donors (Lipinski definition) is 1. The predicted molar refractivity (Wildman–Crippen MR) is 64.0 cm³/mol.